The first-order valence-electron chi connectivity index (χ1n) is 7.08. The molecule has 2 heterocycles. The molecule has 2 N–H and O–H groups in total. The summed E-state index contributed by atoms with van der Waals surface area (Å²) < 4.78 is 0. The Bertz CT molecular complexity index is 612. The minimum absolute atomic E-state index is 0.188. The molecule has 0 aliphatic heterocycles. The molecule has 1 saturated carbocycles. The van der Waals surface area contributed by atoms with Crippen LogP contribution >= 0.6 is 0 Å². The molecule has 1 fully saturated rings. The number of hydrogen-bond acceptors (Lipinski definition) is 5. The minimum Gasteiger partial charge on any atom is -0.367 e. The zero-order chi connectivity index (χ0) is 14.5. The summed E-state index contributed by atoms with van der Waals surface area (Å²) in [7, 11) is 0. The lowest BCUT2D eigenvalue weighted by Crippen LogP contribution is -2.27. The molecule has 2 aromatic heterocycles. The molecule has 1 aliphatic rings. The van der Waals surface area contributed by atoms with Crippen molar-refractivity contribution in [2.24, 2.45) is 0 Å². The lowest BCUT2D eigenvalue weighted by molar-refractivity contribution is 0.0949. The Kier molecular flexibility index (Phi) is 4.04. The Morgan fingerprint density at radius 3 is 2.90 bits per heavy atom. The molecule has 21 heavy (non-hydrogen) atoms. The van der Waals surface area contributed by atoms with Crippen LogP contribution in [0.2, 0.25) is 0 Å². The van der Waals surface area contributed by atoms with Gasteiger partial charge in [-0.05, 0) is 25.0 Å². The first-order chi connectivity index (χ1) is 10.3. The maximum atomic E-state index is 12.0. The molecule has 0 radical (unpaired) electrons. The van der Waals surface area contributed by atoms with Gasteiger partial charge in [0.25, 0.3) is 5.91 Å². The lowest BCUT2D eigenvalue weighted by Gasteiger charge is -2.06. The molecule has 0 aromatic carbocycles. The van der Waals surface area contributed by atoms with Crippen molar-refractivity contribution in [2.75, 3.05) is 11.9 Å². The van der Waals surface area contributed by atoms with Crippen molar-refractivity contribution in [2.45, 2.75) is 25.3 Å². The minimum atomic E-state index is -0.188. The Morgan fingerprint density at radius 1 is 1.24 bits per heavy atom. The van der Waals surface area contributed by atoms with Gasteiger partial charge < -0.3 is 10.6 Å². The van der Waals surface area contributed by atoms with Crippen LogP contribution in [0.15, 0.2) is 36.8 Å². The number of carbonyl (C=O) groups excluding carboxylic acids is 1. The van der Waals surface area contributed by atoms with Crippen molar-refractivity contribution in [3.05, 3.63) is 48.2 Å². The fourth-order valence-corrected chi connectivity index (χ4v) is 1.94. The van der Waals surface area contributed by atoms with E-state index in [9.17, 15) is 4.79 Å². The van der Waals surface area contributed by atoms with Crippen molar-refractivity contribution in [1.82, 2.24) is 20.3 Å². The second kappa shape index (κ2) is 6.30. The summed E-state index contributed by atoms with van der Waals surface area (Å²) in [5.74, 6) is 0.523. The molecule has 6 heteroatoms. The maximum absolute atomic E-state index is 12.0. The Hall–Kier alpha value is -2.50. The van der Waals surface area contributed by atoms with Crippen molar-refractivity contribution in [3.8, 4) is 0 Å². The van der Waals surface area contributed by atoms with Gasteiger partial charge >= 0.3 is 0 Å². The van der Waals surface area contributed by atoms with Gasteiger partial charge in [-0.2, -0.15) is 0 Å². The van der Waals surface area contributed by atoms with Gasteiger partial charge in [-0.3, -0.25) is 9.78 Å². The highest BCUT2D eigenvalue weighted by Crippen LogP contribution is 2.23. The molecule has 0 atom stereocenters. The number of rotatable bonds is 6. The number of nitrogens with one attached hydrogen (secondary N) is 2. The molecule has 108 valence electrons. The molecule has 6 nitrogen and oxygen atoms in total. The number of nitrogens with zero attached hydrogens (tertiary/aromatic N) is 3. The molecule has 0 saturated heterocycles. The van der Waals surface area contributed by atoms with Crippen LogP contribution < -0.4 is 10.6 Å². The van der Waals surface area contributed by atoms with Crippen LogP contribution in [0, 0.1) is 0 Å². The zero-order valence-electron chi connectivity index (χ0n) is 11.6. The average Bonchev–Trinajstić information content (AvgIpc) is 3.32. The highest BCUT2D eigenvalue weighted by atomic mass is 16.1. The van der Waals surface area contributed by atoms with Gasteiger partial charge in [0.15, 0.2) is 0 Å². The van der Waals surface area contributed by atoms with Crippen LogP contribution in [-0.4, -0.2) is 33.4 Å². The van der Waals surface area contributed by atoms with E-state index in [-0.39, 0.29) is 5.91 Å². The van der Waals surface area contributed by atoms with E-state index in [4.69, 9.17) is 0 Å². The summed E-state index contributed by atoms with van der Waals surface area (Å²) in [6.45, 7) is 0.533. The summed E-state index contributed by atoms with van der Waals surface area (Å²) >= 11 is 0. The van der Waals surface area contributed by atoms with Gasteiger partial charge in [-0.25, -0.2) is 9.97 Å². The summed E-state index contributed by atoms with van der Waals surface area (Å²) in [6, 6.07) is 7.94. The predicted octanol–water partition coefficient (Wildman–Crippen LogP) is 1.42. The molecule has 2 aromatic rings. The number of aromatic nitrogens is 3. The molecule has 0 bridgehead atoms. The fourth-order valence-electron chi connectivity index (χ4n) is 1.94. The monoisotopic (exact) mass is 283 g/mol. The highest BCUT2D eigenvalue weighted by Gasteiger charge is 2.21. The SMILES string of the molecule is O=C(NCCc1ccccn1)c1cc(NC2CC2)ncn1. The van der Waals surface area contributed by atoms with Crippen molar-refractivity contribution >= 4 is 11.7 Å². The van der Waals surface area contributed by atoms with Gasteiger partial charge in [-0.15, -0.1) is 0 Å². The first kappa shape index (κ1) is 13.5. The van der Waals surface area contributed by atoms with Crippen LogP contribution in [0.25, 0.3) is 0 Å². The second-order valence-corrected chi connectivity index (χ2v) is 5.03. The Labute approximate surface area is 123 Å². The third-order valence-electron chi connectivity index (χ3n) is 3.22. The topological polar surface area (TPSA) is 79.8 Å². The quantitative estimate of drug-likeness (QED) is 0.838. The molecule has 1 amide bonds. The van der Waals surface area contributed by atoms with Crippen LogP contribution in [0.4, 0.5) is 5.82 Å². The van der Waals surface area contributed by atoms with Gasteiger partial charge in [0, 0.05) is 37.0 Å². The van der Waals surface area contributed by atoms with E-state index in [1.54, 1.807) is 12.3 Å². The molecular weight excluding hydrogens is 266 g/mol. The Morgan fingerprint density at radius 2 is 2.14 bits per heavy atom. The van der Waals surface area contributed by atoms with Gasteiger partial charge in [0.05, 0.1) is 0 Å². The fraction of sp³-hybridized carbons (Fsp3) is 0.333. The third-order valence-corrected chi connectivity index (χ3v) is 3.22. The maximum Gasteiger partial charge on any atom is 0.270 e. The average molecular weight is 283 g/mol. The normalized spacial score (nSPS) is 13.7. The van der Waals surface area contributed by atoms with Gasteiger partial charge in [0.1, 0.15) is 17.8 Å². The molecule has 3 rings (SSSR count). The molecule has 0 spiro atoms. The predicted molar refractivity (Wildman–Crippen MR) is 79.0 cm³/mol. The number of hydrogen-bond donors (Lipinski definition) is 2. The summed E-state index contributed by atoms with van der Waals surface area (Å²) in [6.07, 6.45) is 6.19. The van der Waals surface area contributed by atoms with E-state index >= 15 is 0 Å². The standard InChI is InChI=1S/C15H17N5O/c21-15(17-8-6-11-3-1-2-7-16-11)13-9-14(19-10-18-13)20-12-4-5-12/h1-3,7,9-10,12H,4-6,8H2,(H,17,21)(H,18,19,20). The van der Waals surface area contributed by atoms with E-state index in [1.807, 2.05) is 18.2 Å². The van der Waals surface area contributed by atoms with Crippen molar-refractivity contribution < 1.29 is 4.79 Å². The van der Waals surface area contributed by atoms with Crippen LogP contribution in [0.1, 0.15) is 29.0 Å². The van der Waals surface area contributed by atoms with Crippen molar-refractivity contribution in [3.63, 3.8) is 0 Å². The van der Waals surface area contributed by atoms with Crippen LogP contribution in [0.3, 0.4) is 0 Å². The molecule has 1 aliphatic carbocycles. The van der Waals surface area contributed by atoms with E-state index < -0.39 is 0 Å². The van der Waals surface area contributed by atoms with E-state index in [0.717, 1.165) is 18.5 Å². The van der Waals surface area contributed by atoms with E-state index in [1.165, 1.54) is 6.33 Å². The van der Waals surface area contributed by atoms with Crippen molar-refractivity contribution in [1.29, 1.82) is 0 Å². The van der Waals surface area contributed by atoms with Crippen LogP contribution in [-0.2, 0) is 6.42 Å². The highest BCUT2D eigenvalue weighted by molar-refractivity contribution is 5.92. The van der Waals surface area contributed by atoms with Gasteiger partial charge in [0.2, 0.25) is 0 Å². The van der Waals surface area contributed by atoms with Gasteiger partial charge in [-0.1, -0.05) is 6.07 Å². The summed E-state index contributed by atoms with van der Waals surface area (Å²) in [4.78, 5) is 24.4. The number of carbonyl (C=O) groups is 1. The van der Waals surface area contributed by atoms with E-state index in [0.29, 0.717) is 30.5 Å². The first-order valence-corrected chi connectivity index (χ1v) is 7.08. The Balaban J connectivity index is 1.52. The molecular formula is C15H17N5O. The second-order valence-electron chi connectivity index (χ2n) is 5.03. The number of anilines is 1. The number of amides is 1. The van der Waals surface area contributed by atoms with Crippen LogP contribution in [0.5, 0.6) is 0 Å². The lowest BCUT2D eigenvalue weighted by atomic mass is 10.2. The molecule has 0 unspecified atom stereocenters. The summed E-state index contributed by atoms with van der Waals surface area (Å²) in [5, 5.41) is 6.10. The zero-order valence-corrected chi connectivity index (χ0v) is 11.6. The third kappa shape index (κ3) is 3.98. The largest absolute Gasteiger partial charge is 0.367 e. The van der Waals surface area contributed by atoms with E-state index in [2.05, 4.69) is 25.6 Å². The number of pyridine rings is 1. The summed E-state index contributed by atoms with van der Waals surface area (Å²) in [5.41, 5.74) is 1.34. The smallest absolute Gasteiger partial charge is 0.270 e.